The molecule has 0 radical (unpaired) electrons. The van der Waals surface area contributed by atoms with Crippen LogP contribution in [0.4, 0.5) is 17.1 Å². The zero-order valence-electron chi connectivity index (χ0n) is 32.5. The number of phenolic OH excluding ortho intramolecular Hbond substituents is 3. The summed E-state index contributed by atoms with van der Waals surface area (Å²) in [6, 6.07) is 26.2. The molecule has 0 aliphatic heterocycles. The topological polar surface area (TPSA) is 292 Å². The first-order valence-corrected chi connectivity index (χ1v) is 22.6. The van der Waals surface area contributed by atoms with E-state index in [1.165, 1.54) is 66.7 Å². The van der Waals surface area contributed by atoms with Crippen LogP contribution in [0.5, 0.6) is 34.5 Å². The first kappa shape index (κ1) is 42.8. The fourth-order valence-corrected chi connectivity index (χ4v) is 10.4. The number of hydrogen-bond acceptors (Lipinski definition) is 16. The van der Waals surface area contributed by atoms with Crippen molar-refractivity contribution in [3.8, 4) is 34.5 Å². The lowest BCUT2D eigenvalue weighted by atomic mass is 10.0. The maximum Gasteiger partial charge on any atom is 0.426 e. The minimum atomic E-state index is -4.98. The van der Waals surface area contributed by atoms with Gasteiger partial charge in [-0.2, -0.15) is 25.3 Å². The lowest BCUT2D eigenvalue weighted by Crippen LogP contribution is -2.15. The van der Waals surface area contributed by atoms with Gasteiger partial charge in [0.25, 0.3) is 0 Å². The van der Waals surface area contributed by atoms with Crippen LogP contribution < -0.4 is 12.5 Å². The van der Waals surface area contributed by atoms with Crippen LogP contribution in [0.1, 0.15) is 15.9 Å². The summed E-state index contributed by atoms with van der Waals surface area (Å²) in [5.74, 6) is -4.03. The van der Waals surface area contributed by atoms with Crippen molar-refractivity contribution >= 4 is 85.5 Å². The number of diazo groups is 3. The number of nitrogens with zero attached hydrogens (tertiary/aromatic N) is 6. The SMILES string of the molecule is N#[N+]c1ccc2c(S(=O)(=O)Oc3ccc(C(=O)c4ccc(OS(=O)(=O)c5cccc6c(O)c([N+]#N)ccc56)cc4OS(=O)(=O)c4cccc5c(O)c([N+]#N)ccc45)cc3)cccc2c1O. The molecule has 3 N–H and O–H groups in total. The number of hydrogen-bond donors (Lipinski definition) is 3. The highest BCUT2D eigenvalue weighted by atomic mass is 32.2. The summed E-state index contributed by atoms with van der Waals surface area (Å²) in [7, 11) is -14.4. The second kappa shape index (κ2) is 16.1. The van der Waals surface area contributed by atoms with Crippen molar-refractivity contribution in [2.75, 3.05) is 0 Å². The molecule has 0 spiro atoms. The molecule has 0 saturated heterocycles. The lowest BCUT2D eigenvalue weighted by Gasteiger charge is -2.15. The van der Waals surface area contributed by atoms with Gasteiger partial charge in [-0.1, -0.05) is 36.4 Å². The van der Waals surface area contributed by atoms with Gasteiger partial charge in [-0.3, -0.25) is 4.79 Å². The molecule has 8 aromatic rings. The third-order valence-corrected chi connectivity index (χ3v) is 13.9. The molecule has 0 bridgehead atoms. The van der Waals surface area contributed by atoms with E-state index in [-0.39, 0.29) is 65.6 Å². The van der Waals surface area contributed by atoms with Crippen molar-refractivity contribution in [3.63, 3.8) is 0 Å². The fourth-order valence-electron chi connectivity index (χ4n) is 6.94. The quantitative estimate of drug-likeness (QED) is 0.0618. The Morgan fingerprint density at radius 2 is 0.800 bits per heavy atom. The molecule has 0 fully saturated rings. The Balaban J connectivity index is 1.16. The molecule has 0 saturated carbocycles. The van der Waals surface area contributed by atoms with E-state index in [2.05, 4.69) is 14.9 Å². The van der Waals surface area contributed by atoms with E-state index in [1.807, 2.05) is 0 Å². The van der Waals surface area contributed by atoms with Crippen molar-refractivity contribution in [2.24, 2.45) is 0 Å². The highest BCUT2D eigenvalue weighted by Gasteiger charge is 2.30. The zero-order valence-corrected chi connectivity index (χ0v) is 35.0. The van der Waals surface area contributed by atoms with Gasteiger partial charge in [-0.05, 0) is 72.8 Å². The summed E-state index contributed by atoms with van der Waals surface area (Å²) in [5.41, 5.74) is -1.33. The maximum atomic E-state index is 14.2. The van der Waals surface area contributed by atoms with Gasteiger partial charge in [0, 0.05) is 62.1 Å². The molecular weight excluding hydrogens is 905 g/mol. The molecule has 0 amide bonds. The average Bonchev–Trinajstić information content (AvgIpc) is 3.29. The Morgan fingerprint density at radius 1 is 0.431 bits per heavy atom. The van der Waals surface area contributed by atoms with Gasteiger partial charge >= 0.3 is 47.4 Å². The predicted octanol–water partition coefficient (Wildman–Crippen LogP) is 9.25. The van der Waals surface area contributed by atoms with E-state index in [9.17, 15) is 56.2 Å². The molecule has 19 nitrogen and oxygen atoms in total. The van der Waals surface area contributed by atoms with Gasteiger partial charge in [0.2, 0.25) is 33.4 Å². The van der Waals surface area contributed by atoms with Crippen molar-refractivity contribution < 1.29 is 57.9 Å². The van der Waals surface area contributed by atoms with Gasteiger partial charge < -0.3 is 27.9 Å². The normalized spacial score (nSPS) is 11.6. The Kier molecular flexibility index (Phi) is 10.6. The van der Waals surface area contributed by atoms with Crippen LogP contribution in [0.25, 0.3) is 47.2 Å². The molecule has 0 heterocycles. The molecular formula is C43H25N6O13S3+3. The number of fused-ring (bicyclic) bond motifs is 3. The van der Waals surface area contributed by atoms with Gasteiger partial charge in [-0.25, -0.2) is 0 Å². The number of benzene rings is 8. The minimum absolute atomic E-state index is 0.0150. The molecule has 0 aliphatic rings. The lowest BCUT2D eigenvalue weighted by molar-refractivity contribution is 0.103. The second-order valence-corrected chi connectivity index (χ2v) is 18.3. The first-order chi connectivity index (χ1) is 31.0. The summed E-state index contributed by atoms with van der Waals surface area (Å²) in [6.45, 7) is 0. The van der Waals surface area contributed by atoms with E-state index in [0.717, 1.165) is 66.7 Å². The third-order valence-electron chi connectivity index (χ3n) is 9.97. The Labute approximate surface area is 366 Å². The van der Waals surface area contributed by atoms with E-state index in [1.54, 1.807) is 0 Å². The maximum absolute atomic E-state index is 14.2. The fraction of sp³-hybridized carbons (Fsp3) is 0. The number of carbonyl (C=O) groups is 1. The monoisotopic (exact) mass is 929 g/mol. The predicted molar refractivity (Wildman–Crippen MR) is 231 cm³/mol. The molecule has 0 aromatic heterocycles. The molecule has 8 rings (SSSR count). The number of ketones is 1. The molecule has 320 valence electrons. The number of phenols is 3. The summed E-state index contributed by atoms with van der Waals surface area (Å²) in [4.78, 5) is 21.7. The first-order valence-electron chi connectivity index (χ1n) is 18.4. The van der Waals surface area contributed by atoms with Gasteiger partial charge in [0.05, 0.1) is 5.56 Å². The van der Waals surface area contributed by atoms with Crippen molar-refractivity contribution in [1.29, 1.82) is 16.2 Å². The van der Waals surface area contributed by atoms with Crippen LogP contribution in [-0.4, -0.2) is 46.4 Å². The van der Waals surface area contributed by atoms with Crippen LogP contribution in [0, 0.1) is 16.2 Å². The van der Waals surface area contributed by atoms with Crippen LogP contribution in [-0.2, 0) is 30.4 Å². The molecule has 0 aliphatic carbocycles. The number of aromatic hydroxyl groups is 3. The molecule has 65 heavy (non-hydrogen) atoms. The molecule has 8 aromatic carbocycles. The van der Waals surface area contributed by atoms with Crippen molar-refractivity contribution in [1.82, 2.24) is 0 Å². The van der Waals surface area contributed by atoms with Crippen LogP contribution in [0.3, 0.4) is 0 Å². The molecule has 0 atom stereocenters. The van der Waals surface area contributed by atoms with Crippen LogP contribution >= 0.6 is 0 Å². The Morgan fingerprint density at radius 3 is 1.20 bits per heavy atom. The Bertz CT molecular complexity index is 3850. The van der Waals surface area contributed by atoms with E-state index < -0.39 is 80.2 Å². The largest absolute Gasteiger partial charge is 0.501 e. The van der Waals surface area contributed by atoms with E-state index in [4.69, 9.17) is 17.9 Å². The average molecular weight is 930 g/mol. The Hall–Kier alpha value is -8.88. The highest BCUT2D eigenvalue weighted by Crippen LogP contribution is 2.41. The van der Waals surface area contributed by atoms with E-state index in [0.29, 0.717) is 0 Å². The second-order valence-electron chi connectivity index (χ2n) is 13.8. The van der Waals surface area contributed by atoms with Crippen molar-refractivity contribution in [3.05, 3.63) is 160 Å². The van der Waals surface area contributed by atoms with Gasteiger partial charge in [0.15, 0.2) is 26.5 Å². The zero-order chi connectivity index (χ0) is 46.4. The highest BCUT2D eigenvalue weighted by molar-refractivity contribution is 7.88. The third kappa shape index (κ3) is 7.70. The minimum Gasteiger partial charge on any atom is -0.501 e. The van der Waals surface area contributed by atoms with Crippen LogP contribution in [0.2, 0.25) is 0 Å². The molecule has 22 heteroatoms. The standard InChI is InChI=1S/C43H22N6O13S3/c44-47-33-19-16-26-29(41(33)51)4-1-7-37(26)63(54,55)60-24-12-10-23(11-13-24)40(50)32-15-14-25(61-64(56,57)38-8-2-5-30-27(38)17-20-34(48-45)42(30)52)22-36(32)62-65(58,59)39-9-3-6-31-28(39)18-21-35(49-46)43(31)53/h1-22H/p+3. The smallest absolute Gasteiger partial charge is 0.426 e. The van der Waals surface area contributed by atoms with Crippen molar-refractivity contribution in [2.45, 2.75) is 14.7 Å². The summed E-state index contributed by atoms with van der Waals surface area (Å²) in [6.07, 6.45) is 0. The number of carbonyl (C=O) groups excluding carboxylic acids is 1. The summed E-state index contributed by atoms with van der Waals surface area (Å²) in [5, 5.41) is 59.2. The van der Waals surface area contributed by atoms with Gasteiger partial charge in [0.1, 0.15) is 26.2 Å². The summed E-state index contributed by atoms with van der Waals surface area (Å²) < 4.78 is 98.9. The molecule has 0 unspecified atom stereocenters. The van der Waals surface area contributed by atoms with E-state index >= 15 is 0 Å². The van der Waals surface area contributed by atoms with Gasteiger partial charge in [-0.15, -0.1) is 0 Å². The summed E-state index contributed by atoms with van der Waals surface area (Å²) >= 11 is 0. The number of rotatable bonds is 11. The van der Waals surface area contributed by atoms with Crippen LogP contribution in [0.15, 0.2) is 148 Å².